The fraction of sp³-hybridized carbons (Fsp3) is 0.714. The summed E-state index contributed by atoms with van der Waals surface area (Å²) in [7, 11) is 0. The molecule has 0 nitrogen and oxygen atoms in total. The largest absolute Gasteiger partial charge is 0.0654 e. The van der Waals surface area contributed by atoms with Crippen molar-refractivity contribution in [1.29, 1.82) is 0 Å². The molecule has 0 fully saturated rings. The lowest BCUT2D eigenvalue weighted by Gasteiger charge is -2.21. The number of rotatable bonds is 7. The molecule has 0 N–H and O–H groups in total. The topological polar surface area (TPSA) is 0 Å². The fourth-order valence-electron chi connectivity index (χ4n) is 3.53. The minimum atomic E-state index is 0.505. The molecule has 22 heavy (non-hydrogen) atoms. The molecular formula is C21H33Br. The average Bonchev–Trinajstić information content (AvgIpc) is 2.62. The Balaban J connectivity index is 1.92. The first kappa shape index (κ1) is 18.0. The van der Waals surface area contributed by atoms with Gasteiger partial charge in [0.15, 0.2) is 0 Å². The molecule has 0 saturated carbocycles. The van der Waals surface area contributed by atoms with Crippen LogP contribution in [0.25, 0.3) is 0 Å². The fourth-order valence-corrected chi connectivity index (χ4v) is 4.12. The summed E-state index contributed by atoms with van der Waals surface area (Å²) in [5.74, 6) is 0. The van der Waals surface area contributed by atoms with Gasteiger partial charge < -0.3 is 0 Å². The molecule has 1 heteroatoms. The SMILES string of the molecule is CCCCCCCCc1cc2c(cc1Br)CCC(C)(C)CC2. The van der Waals surface area contributed by atoms with E-state index in [0.717, 1.165) is 0 Å². The molecular weight excluding hydrogens is 332 g/mol. The van der Waals surface area contributed by atoms with Crippen LogP contribution in [-0.4, -0.2) is 0 Å². The van der Waals surface area contributed by atoms with Gasteiger partial charge in [-0.15, -0.1) is 0 Å². The molecule has 1 aromatic rings. The van der Waals surface area contributed by atoms with E-state index in [1.165, 1.54) is 80.7 Å². The highest BCUT2D eigenvalue weighted by atomic mass is 79.9. The molecule has 1 aromatic carbocycles. The van der Waals surface area contributed by atoms with Crippen molar-refractivity contribution < 1.29 is 0 Å². The van der Waals surface area contributed by atoms with Crippen LogP contribution in [0.5, 0.6) is 0 Å². The molecule has 0 unspecified atom stereocenters. The lowest BCUT2D eigenvalue weighted by Crippen LogP contribution is -2.10. The third kappa shape index (κ3) is 5.41. The minimum Gasteiger partial charge on any atom is -0.0654 e. The normalized spacial score (nSPS) is 17.1. The number of hydrogen-bond donors (Lipinski definition) is 0. The third-order valence-corrected chi connectivity index (χ3v) is 6.05. The summed E-state index contributed by atoms with van der Waals surface area (Å²) in [6.45, 7) is 7.13. The van der Waals surface area contributed by atoms with Crippen molar-refractivity contribution in [2.75, 3.05) is 0 Å². The molecule has 0 aromatic heterocycles. The van der Waals surface area contributed by atoms with Crippen LogP contribution < -0.4 is 0 Å². The Labute approximate surface area is 146 Å². The Morgan fingerprint density at radius 3 is 2.18 bits per heavy atom. The number of unbranched alkanes of at least 4 members (excludes halogenated alkanes) is 5. The van der Waals surface area contributed by atoms with Gasteiger partial charge in [-0.05, 0) is 66.7 Å². The van der Waals surface area contributed by atoms with Gasteiger partial charge in [0, 0.05) is 4.47 Å². The van der Waals surface area contributed by atoms with Crippen LogP contribution in [0.1, 0.15) is 88.8 Å². The zero-order valence-corrected chi connectivity index (χ0v) is 16.4. The van der Waals surface area contributed by atoms with Crippen molar-refractivity contribution in [3.63, 3.8) is 0 Å². The summed E-state index contributed by atoms with van der Waals surface area (Å²) in [6, 6.07) is 4.93. The highest BCUT2D eigenvalue weighted by Gasteiger charge is 2.23. The van der Waals surface area contributed by atoms with E-state index in [0.29, 0.717) is 5.41 Å². The molecule has 0 aliphatic heterocycles. The van der Waals surface area contributed by atoms with Crippen molar-refractivity contribution in [3.8, 4) is 0 Å². The van der Waals surface area contributed by atoms with Crippen LogP contribution in [0.3, 0.4) is 0 Å². The average molecular weight is 365 g/mol. The summed E-state index contributed by atoms with van der Waals surface area (Å²) < 4.78 is 1.35. The van der Waals surface area contributed by atoms with E-state index in [2.05, 4.69) is 48.8 Å². The predicted molar refractivity (Wildman–Crippen MR) is 102 cm³/mol. The maximum Gasteiger partial charge on any atom is 0.0210 e. The maximum atomic E-state index is 3.82. The van der Waals surface area contributed by atoms with E-state index >= 15 is 0 Å². The number of halogens is 1. The van der Waals surface area contributed by atoms with Crippen molar-refractivity contribution >= 4 is 15.9 Å². The molecule has 0 amide bonds. The van der Waals surface area contributed by atoms with Gasteiger partial charge in [-0.25, -0.2) is 0 Å². The van der Waals surface area contributed by atoms with Gasteiger partial charge >= 0.3 is 0 Å². The standard InChI is InChI=1S/C21H33Br/c1-4-5-6-7-8-9-10-19-15-17-11-13-21(2,3)14-12-18(17)16-20(19)22/h15-16H,4-14H2,1-3H3. The highest BCUT2D eigenvalue weighted by Crippen LogP contribution is 2.35. The van der Waals surface area contributed by atoms with E-state index in [-0.39, 0.29) is 0 Å². The molecule has 124 valence electrons. The number of hydrogen-bond acceptors (Lipinski definition) is 0. The summed E-state index contributed by atoms with van der Waals surface area (Å²) in [5, 5.41) is 0. The smallest absolute Gasteiger partial charge is 0.0210 e. The van der Waals surface area contributed by atoms with Gasteiger partial charge in [0.1, 0.15) is 0 Å². The van der Waals surface area contributed by atoms with Crippen molar-refractivity contribution in [1.82, 2.24) is 0 Å². The molecule has 0 atom stereocenters. The molecule has 1 aliphatic carbocycles. The van der Waals surface area contributed by atoms with Gasteiger partial charge in [0.2, 0.25) is 0 Å². The Kier molecular flexibility index (Phi) is 6.99. The van der Waals surface area contributed by atoms with E-state index < -0.39 is 0 Å². The van der Waals surface area contributed by atoms with E-state index in [9.17, 15) is 0 Å². The third-order valence-electron chi connectivity index (χ3n) is 5.31. The van der Waals surface area contributed by atoms with Crippen molar-refractivity contribution in [3.05, 3.63) is 33.3 Å². The molecule has 1 aliphatic rings. The first-order valence-electron chi connectivity index (χ1n) is 9.32. The second-order valence-electron chi connectivity index (χ2n) is 7.89. The van der Waals surface area contributed by atoms with Crippen molar-refractivity contribution in [2.24, 2.45) is 5.41 Å². The molecule has 0 heterocycles. The van der Waals surface area contributed by atoms with Crippen LogP contribution in [0.4, 0.5) is 0 Å². The first-order valence-corrected chi connectivity index (χ1v) is 10.1. The second kappa shape index (κ2) is 8.52. The number of fused-ring (bicyclic) bond motifs is 1. The lowest BCUT2D eigenvalue weighted by molar-refractivity contribution is 0.317. The monoisotopic (exact) mass is 364 g/mol. The van der Waals surface area contributed by atoms with Gasteiger partial charge in [-0.1, -0.05) is 74.9 Å². The zero-order valence-electron chi connectivity index (χ0n) is 14.8. The maximum absolute atomic E-state index is 3.82. The van der Waals surface area contributed by atoms with Gasteiger partial charge in [-0.3, -0.25) is 0 Å². The Morgan fingerprint density at radius 2 is 1.50 bits per heavy atom. The van der Waals surface area contributed by atoms with Crippen LogP contribution in [0.2, 0.25) is 0 Å². The van der Waals surface area contributed by atoms with E-state index in [1.807, 2.05) is 0 Å². The van der Waals surface area contributed by atoms with Gasteiger partial charge in [0.05, 0.1) is 0 Å². The summed E-state index contributed by atoms with van der Waals surface area (Å²) >= 11 is 3.82. The molecule has 0 bridgehead atoms. The van der Waals surface area contributed by atoms with E-state index in [1.54, 1.807) is 11.1 Å². The zero-order chi connectivity index (χ0) is 16.0. The minimum absolute atomic E-state index is 0.505. The highest BCUT2D eigenvalue weighted by molar-refractivity contribution is 9.10. The number of benzene rings is 1. The van der Waals surface area contributed by atoms with Gasteiger partial charge in [0.25, 0.3) is 0 Å². The Hall–Kier alpha value is -0.300. The molecule has 0 spiro atoms. The second-order valence-corrected chi connectivity index (χ2v) is 8.75. The predicted octanol–water partition coefficient (Wildman–Crippen LogP) is 7.26. The van der Waals surface area contributed by atoms with Gasteiger partial charge in [-0.2, -0.15) is 0 Å². The number of aryl methyl sites for hydroxylation is 3. The quantitative estimate of drug-likeness (QED) is 0.352. The molecule has 0 saturated heterocycles. The molecule has 0 radical (unpaired) electrons. The summed E-state index contributed by atoms with van der Waals surface area (Å²) in [5.41, 5.74) is 5.25. The lowest BCUT2D eigenvalue weighted by atomic mass is 9.85. The first-order chi connectivity index (χ1) is 10.5. The Bertz CT molecular complexity index is 473. The molecule has 2 rings (SSSR count). The van der Waals surface area contributed by atoms with Crippen LogP contribution in [0.15, 0.2) is 16.6 Å². The van der Waals surface area contributed by atoms with Crippen LogP contribution in [0, 0.1) is 5.41 Å². The summed E-state index contributed by atoms with van der Waals surface area (Å²) in [4.78, 5) is 0. The van der Waals surface area contributed by atoms with Crippen molar-refractivity contribution in [2.45, 2.75) is 91.4 Å². The van der Waals surface area contributed by atoms with Crippen LogP contribution >= 0.6 is 15.9 Å². The van der Waals surface area contributed by atoms with Crippen LogP contribution in [-0.2, 0) is 19.3 Å². The summed E-state index contributed by atoms with van der Waals surface area (Å²) in [6.07, 6.45) is 14.7. The van der Waals surface area contributed by atoms with E-state index in [4.69, 9.17) is 0 Å². The Morgan fingerprint density at radius 1 is 0.909 bits per heavy atom.